The SMILES string of the molecule is CCCCCCCCCCCCCCCCCCCCCCCCCCCOC(=O)OC. The molecule has 0 heterocycles. The smallest absolute Gasteiger partial charge is 0.438 e. The lowest BCUT2D eigenvalue weighted by Gasteiger charge is -2.05. The average Bonchev–Trinajstić information content (AvgIpc) is 2.81. The van der Waals surface area contributed by atoms with E-state index in [1.165, 1.54) is 155 Å². The van der Waals surface area contributed by atoms with Gasteiger partial charge in [-0.25, -0.2) is 4.79 Å². The fourth-order valence-corrected chi connectivity index (χ4v) is 4.46. The van der Waals surface area contributed by atoms with E-state index in [1.807, 2.05) is 0 Å². The molecule has 0 aromatic heterocycles. The van der Waals surface area contributed by atoms with Crippen molar-refractivity contribution in [2.45, 2.75) is 167 Å². The third-order valence-corrected chi connectivity index (χ3v) is 6.63. The summed E-state index contributed by atoms with van der Waals surface area (Å²) in [7, 11) is 1.35. The number of methoxy groups -OCH3 is 1. The number of hydrogen-bond acceptors (Lipinski definition) is 3. The number of carbonyl (C=O) groups is 1. The number of hydrogen-bond donors (Lipinski definition) is 0. The van der Waals surface area contributed by atoms with Gasteiger partial charge in [0.15, 0.2) is 0 Å². The highest BCUT2D eigenvalue weighted by Gasteiger charge is 1.99. The third kappa shape index (κ3) is 27.3. The molecule has 0 atom stereocenters. The van der Waals surface area contributed by atoms with Crippen molar-refractivity contribution in [2.24, 2.45) is 0 Å². The molecule has 0 saturated carbocycles. The summed E-state index contributed by atoms with van der Waals surface area (Å²) < 4.78 is 9.33. The van der Waals surface area contributed by atoms with Crippen LogP contribution >= 0.6 is 0 Å². The maximum atomic E-state index is 10.8. The summed E-state index contributed by atoms with van der Waals surface area (Å²) in [4.78, 5) is 10.8. The first kappa shape index (κ1) is 31.3. The monoisotopic (exact) mass is 454 g/mol. The van der Waals surface area contributed by atoms with Crippen LogP contribution in [-0.2, 0) is 9.47 Å². The zero-order valence-corrected chi connectivity index (χ0v) is 22.1. The molecule has 0 unspecified atom stereocenters. The first-order chi connectivity index (χ1) is 15.8. The van der Waals surface area contributed by atoms with Gasteiger partial charge in [-0.05, 0) is 6.42 Å². The second-order valence-corrected chi connectivity index (χ2v) is 9.79. The van der Waals surface area contributed by atoms with Gasteiger partial charge in [-0.2, -0.15) is 0 Å². The number of unbranched alkanes of at least 4 members (excludes halogenated alkanes) is 24. The normalized spacial score (nSPS) is 11.1. The van der Waals surface area contributed by atoms with Crippen molar-refractivity contribution in [3.63, 3.8) is 0 Å². The maximum absolute atomic E-state index is 10.8. The van der Waals surface area contributed by atoms with Gasteiger partial charge in [0.05, 0.1) is 13.7 Å². The zero-order valence-electron chi connectivity index (χ0n) is 22.1. The fourth-order valence-electron chi connectivity index (χ4n) is 4.46. The van der Waals surface area contributed by atoms with Gasteiger partial charge in [-0.3, -0.25) is 0 Å². The van der Waals surface area contributed by atoms with E-state index < -0.39 is 6.16 Å². The molecule has 0 spiro atoms. The van der Waals surface area contributed by atoms with Gasteiger partial charge < -0.3 is 9.47 Å². The molecule has 3 nitrogen and oxygen atoms in total. The number of rotatable bonds is 26. The topological polar surface area (TPSA) is 35.5 Å². The Labute approximate surface area is 201 Å². The van der Waals surface area contributed by atoms with Crippen molar-refractivity contribution < 1.29 is 14.3 Å². The van der Waals surface area contributed by atoms with Crippen LogP contribution in [0.3, 0.4) is 0 Å². The molecule has 0 radical (unpaired) electrons. The number of carbonyl (C=O) groups excluding carboxylic acids is 1. The van der Waals surface area contributed by atoms with E-state index in [2.05, 4.69) is 11.7 Å². The molecule has 0 fully saturated rings. The minimum Gasteiger partial charge on any atom is -0.438 e. The van der Waals surface area contributed by atoms with Gasteiger partial charge in [-0.15, -0.1) is 0 Å². The molecule has 192 valence electrons. The Morgan fingerprint density at radius 3 is 0.938 bits per heavy atom. The Bertz CT molecular complexity index is 356. The highest BCUT2D eigenvalue weighted by Crippen LogP contribution is 2.15. The van der Waals surface area contributed by atoms with Gasteiger partial charge in [0, 0.05) is 0 Å². The van der Waals surface area contributed by atoms with Crippen molar-refractivity contribution in [1.29, 1.82) is 0 Å². The quantitative estimate of drug-likeness (QED) is 0.0962. The molecule has 0 saturated heterocycles. The summed E-state index contributed by atoms with van der Waals surface area (Å²) in [6.07, 6.45) is 34.4. The summed E-state index contributed by atoms with van der Waals surface area (Å²) in [5.74, 6) is 0. The molecule has 0 amide bonds. The van der Waals surface area contributed by atoms with Crippen LogP contribution in [0, 0.1) is 0 Å². The molecular formula is C29H58O3. The van der Waals surface area contributed by atoms with E-state index in [9.17, 15) is 4.79 Å². The van der Waals surface area contributed by atoms with E-state index in [-0.39, 0.29) is 0 Å². The first-order valence-corrected chi connectivity index (χ1v) is 14.5. The van der Waals surface area contributed by atoms with Gasteiger partial charge >= 0.3 is 6.16 Å². The fraction of sp³-hybridized carbons (Fsp3) is 0.966. The van der Waals surface area contributed by atoms with Crippen LogP contribution in [0.2, 0.25) is 0 Å². The van der Waals surface area contributed by atoms with Crippen LogP contribution in [0.4, 0.5) is 4.79 Å². The molecule has 0 bridgehead atoms. The lowest BCUT2D eigenvalue weighted by Crippen LogP contribution is -2.05. The predicted octanol–water partition coefficient (Wildman–Crippen LogP) is 10.5. The van der Waals surface area contributed by atoms with Crippen LogP contribution < -0.4 is 0 Å². The molecule has 32 heavy (non-hydrogen) atoms. The van der Waals surface area contributed by atoms with E-state index in [0.717, 1.165) is 12.8 Å². The summed E-state index contributed by atoms with van der Waals surface area (Å²) >= 11 is 0. The lowest BCUT2D eigenvalue weighted by atomic mass is 10.0. The predicted molar refractivity (Wildman–Crippen MR) is 139 cm³/mol. The van der Waals surface area contributed by atoms with Crippen molar-refractivity contribution in [3.8, 4) is 0 Å². The van der Waals surface area contributed by atoms with Crippen molar-refractivity contribution in [1.82, 2.24) is 0 Å². The van der Waals surface area contributed by atoms with Crippen molar-refractivity contribution in [3.05, 3.63) is 0 Å². The zero-order chi connectivity index (χ0) is 23.4. The molecular weight excluding hydrogens is 396 g/mol. The van der Waals surface area contributed by atoms with E-state index in [4.69, 9.17) is 4.74 Å². The van der Waals surface area contributed by atoms with Crippen LogP contribution in [0.25, 0.3) is 0 Å². The van der Waals surface area contributed by atoms with Gasteiger partial charge in [0.2, 0.25) is 0 Å². The van der Waals surface area contributed by atoms with Crippen molar-refractivity contribution >= 4 is 6.16 Å². The van der Waals surface area contributed by atoms with Crippen LogP contribution in [-0.4, -0.2) is 19.9 Å². The van der Waals surface area contributed by atoms with E-state index in [1.54, 1.807) is 0 Å². The molecule has 0 N–H and O–H groups in total. The molecule has 0 rings (SSSR count). The molecule has 0 aliphatic rings. The van der Waals surface area contributed by atoms with Gasteiger partial charge in [0.1, 0.15) is 0 Å². The van der Waals surface area contributed by atoms with E-state index >= 15 is 0 Å². The highest BCUT2D eigenvalue weighted by atomic mass is 16.7. The molecule has 0 aromatic rings. The van der Waals surface area contributed by atoms with Crippen LogP contribution in [0.15, 0.2) is 0 Å². The summed E-state index contributed by atoms with van der Waals surface area (Å²) in [5.41, 5.74) is 0. The Morgan fingerprint density at radius 1 is 0.438 bits per heavy atom. The Morgan fingerprint density at radius 2 is 0.688 bits per heavy atom. The number of ether oxygens (including phenoxy) is 2. The Hall–Kier alpha value is -0.730. The van der Waals surface area contributed by atoms with E-state index in [0.29, 0.717) is 6.61 Å². The van der Waals surface area contributed by atoms with Gasteiger partial charge in [-0.1, -0.05) is 161 Å². The van der Waals surface area contributed by atoms with Crippen molar-refractivity contribution in [2.75, 3.05) is 13.7 Å². The van der Waals surface area contributed by atoms with Crippen LogP contribution in [0.5, 0.6) is 0 Å². The summed E-state index contributed by atoms with van der Waals surface area (Å²) in [5, 5.41) is 0. The molecule has 0 aliphatic carbocycles. The second-order valence-electron chi connectivity index (χ2n) is 9.79. The summed E-state index contributed by atoms with van der Waals surface area (Å²) in [6, 6.07) is 0. The lowest BCUT2D eigenvalue weighted by molar-refractivity contribution is 0.0713. The molecule has 0 aliphatic heterocycles. The van der Waals surface area contributed by atoms with Crippen LogP contribution in [0.1, 0.15) is 167 Å². The Balaban J connectivity index is 3.02. The molecule has 3 heteroatoms. The third-order valence-electron chi connectivity index (χ3n) is 6.63. The largest absolute Gasteiger partial charge is 0.507 e. The first-order valence-electron chi connectivity index (χ1n) is 14.5. The maximum Gasteiger partial charge on any atom is 0.507 e. The average molecular weight is 455 g/mol. The summed E-state index contributed by atoms with van der Waals surface area (Å²) in [6.45, 7) is 2.79. The standard InChI is InChI=1S/C29H58O3/c1-3-4-5-6-7-8-9-10-11-12-13-14-15-16-17-18-19-20-21-22-23-24-25-26-27-28-32-29(30)31-2/h3-28H2,1-2H3. The minimum atomic E-state index is -0.561. The molecule has 0 aromatic carbocycles. The Kier molecular flexibility index (Phi) is 27.7. The van der Waals surface area contributed by atoms with Gasteiger partial charge in [0.25, 0.3) is 0 Å². The second kappa shape index (κ2) is 28.3. The minimum absolute atomic E-state index is 0.492. The highest BCUT2D eigenvalue weighted by molar-refractivity contribution is 5.59.